The van der Waals surface area contributed by atoms with Crippen LogP contribution in [0.15, 0.2) is 214 Å². The molecule has 7 aromatic carbocycles. The molecule has 145 heavy (non-hydrogen) atoms. The average Bonchev–Trinajstić information content (AvgIpc) is 1.06. The van der Waals surface area contributed by atoms with E-state index >= 15 is 0 Å². The van der Waals surface area contributed by atoms with E-state index in [0.717, 1.165) is 139 Å². The van der Waals surface area contributed by atoms with Crippen LogP contribution in [0, 0.1) is 54.4 Å². The quantitative estimate of drug-likeness (QED) is 0.0236. The maximum Gasteiger partial charge on any atom is 0.274 e. The van der Waals surface area contributed by atoms with E-state index in [4.69, 9.17) is 0 Å². The molecule has 6 aliphatic carbocycles. The first-order valence-corrected chi connectivity index (χ1v) is 51.1. The standard InChI is InChI=1S/C21H22N4O2.3C19H24N4O.C18H22N4O2.C17H20N4O/c26-19-11-10-17(15-8-4-5-9-16(15)19)25-21(27)18-12-20(23-13-22-18)24-14-6-2-1-3-7-14;1-13-8-9-16(10-14(13)2)23-19(24)17-11-18(21-12-20-17)22-15-6-4-3-5-7-15;1-13-8-9-16(14(2)10-13)23-19(24)17-11-18(21-12-20-17)22-15-6-4-3-5-7-15;1-14-7-9-16(10-8-14)23-19(24)17-11-18(22-13-21-17)20-12-15-5-3-2-4-6-15;1-12-9-14(7-8-16(12)23)22-18(24)15-10-17(20-11-19-15)21-13-5-3-2-4-6-13;1-12-6-8-14(9-7-12)21-17(22)15-10-16(19-11-18-15)20-13-4-2-3-5-13/h4-5,8-14,26H,1-3,6-7H2,(H,25,27)(H,22,23,24);2*8-12,15H,3-7H2,1-2H3,(H,23,24)(H,20,21,22);7-11,13,15H,2-6,12H2,1H3,(H,23,24)(H,20,21,22);7-11,13,23H,2-6H2,1H3,(H,22,24)(H,19,20,21);6-11,13H,2-5H2,1H3,(H,21,22)(H,18,19,20). The Bertz CT molecular complexity index is 6330. The highest BCUT2D eigenvalue weighted by atomic mass is 16.3. The molecular formula is C113H136N24O8. The molecule has 19 rings (SSSR count). The van der Waals surface area contributed by atoms with Gasteiger partial charge in [-0.25, -0.2) is 59.8 Å². The van der Waals surface area contributed by atoms with Crippen LogP contribution in [0.5, 0.6) is 11.5 Å². The third-order valence-electron chi connectivity index (χ3n) is 26.8. The number of hydrogen-bond acceptors (Lipinski definition) is 26. The Morgan fingerprint density at radius 3 is 0.903 bits per heavy atom. The summed E-state index contributed by atoms with van der Waals surface area (Å²) < 4.78 is 0. The number of phenols is 2. The first kappa shape index (κ1) is 105. The third-order valence-corrected chi connectivity index (χ3v) is 26.8. The molecule has 32 nitrogen and oxygen atoms in total. The van der Waals surface area contributed by atoms with Crippen LogP contribution in [0.25, 0.3) is 10.8 Å². The normalized spacial score (nSPS) is 15.0. The highest BCUT2D eigenvalue weighted by Crippen LogP contribution is 2.34. The zero-order valence-electron chi connectivity index (χ0n) is 84.1. The Morgan fingerprint density at radius 1 is 0.248 bits per heavy atom. The molecule has 6 saturated carbocycles. The number of aromatic hydroxyl groups is 2. The molecule has 0 radical (unpaired) electrons. The summed E-state index contributed by atoms with van der Waals surface area (Å²) >= 11 is 0. The molecule has 6 aromatic heterocycles. The van der Waals surface area contributed by atoms with Gasteiger partial charge in [0.15, 0.2) is 0 Å². The largest absolute Gasteiger partial charge is 0.508 e. The Labute approximate surface area is 848 Å². The molecule has 0 aliphatic heterocycles. The molecule has 6 aliphatic rings. The first-order chi connectivity index (χ1) is 70.5. The van der Waals surface area contributed by atoms with Crippen LogP contribution in [-0.2, 0) is 0 Å². The first-order valence-electron chi connectivity index (χ1n) is 51.1. The van der Waals surface area contributed by atoms with Gasteiger partial charge in [-0.15, -0.1) is 0 Å². The van der Waals surface area contributed by atoms with Crippen molar-refractivity contribution in [3.05, 3.63) is 287 Å². The van der Waals surface area contributed by atoms with Crippen LogP contribution < -0.4 is 63.8 Å². The molecule has 6 heterocycles. The molecule has 0 saturated heterocycles. The van der Waals surface area contributed by atoms with E-state index in [2.05, 4.69) is 131 Å². The van der Waals surface area contributed by atoms with E-state index in [1.807, 2.05) is 144 Å². The lowest BCUT2D eigenvalue weighted by atomic mass is 9.89. The number of carbonyl (C=O) groups excluding carboxylic acids is 6. The minimum Gasteiger partial charge on any atom is -0.508 e. The number of rotatable bonds is 25. The predicted octanol–water partition coefficient (Wildman–Crippen LogP) is 23.4. The van der Waals surface area contributed by atoms with Crippen LogP contribution in [-0.4, -0.2) is 142 Å². The van der Waals surface area contributed by atoms with Gasteiger partial charge in [0.25, 0.3) is 35.4 Å². The molecule has 0 bridgehead atoms. The zero-order valence-corrected chi connectivity index (χ0v) is 84.1. The highest BCUT2D eigenvalue weighted by molar-refractivity contribution is 6.10. The Kier molecular flexibility index (Phi) is 39.3. The van der Waals surface area contributed by atoms with E-state index in [1.54, 1.807) is 73.7 Å². The van der Waals surface area contributed by atoms with Gasteiger partial charge < -0.3 is 74.0 Å². The number of anilines is 12. The van der Waals surface area contributed by atoms with E-state index < -0.39 is 0 Å². The lowest BCUT2D eigenvalue weighted by Gasteiger charge is -2.23. The summed E-state index contributed by atoms with van der Waals surface area (Å²) in [5, 5.41) is 58.6. The van der Waals surface area contributed by atoms with Crippen molar-refractivity contribution >= 4 is 115 Å². The summed E-state index contributed by atoms with van der Waals surface area (Å²) in [6.07, 6.45) is 44.3. The zero-order chi connectivity index (χ0) is 102. The number of carbonyl (C=O) groups is 6. The topological polar surface area (TPSA) is 442 Å². The molecule has 32 heteroatoms. The fourth-order valence-corrected chi connectivity index (χ4v) is 18.4. The number of nitrogens with one attached hydrogen (secondary N) is 12. The van der Waals surface area contributed by atoms with Crippen LogP contribution in [0.3, 0.4) is 0 Å². The predicted molar refractivity (Wildman–Crippen MR) is 575 cm³/mol. The van der Waals surface area contributed by atoms with Gasteiger partial charge in [-0.1, -0.05) is 193 Å². The molecule has 6 amide bonds. The number of benzene rings is 7. The maximum atomic E-state index is 12.7. The fourth-order valence-electron chi connectivity index (χ4n) is 18.4. The van der Waals surface area contributed by atoms with Crippen LogP contribution in [0.1, 0.15) is 288 Å². The number of aromatic nitrogens is 12. The Hall–Kier alpha value is -15.5. The van der Waals surface area contributed by atoms with E-state index in [-0.39, 0.29) is 46.9 Å². The molecular weight excluding hydrogens is 1820 g/mol. The van der Waals surface area contributed by atoms with E-state index in [9.17, 15) is 39.0 Å². The number of aryl methyl sites for hydroxylation is 7. The fraction of sp³-hybridized carbons (Fsp3) is 0.381. The lowest BCUT2D eigenvalue weighted by Crippen LogP contribution is -2.23. The van der Waals surface area contributed by atoms with Gasteiger partial charge >= 0.3 is 0 Å². The van der Waals surface area contributed by atoms with Gasteiger partial charge in [0.05, 0.1) is 0 Å². The van der Waals surface area contributed by atoms with Gasteiger partial charge in [0.1, 0.15) is 119 Å². The van der Waals surface area contributed by atoms with Gasteiger partial charge in [-0.2, -0.15) is 0 Å². The SMILES string of the molecule is Cc1cc(NC(=O)c2cc(NC3CCCCC3)ncn2)ccc1O.Cc1ccc(NC(=O)c2cc(NC3CCCC3)ncn2)cc1.Cc1ccc(NC(=O)c2cc(NC3CCCCC3)ncn2)c(C)c1.Cc1ccc(NC(=O)c2cc(NC3CCCCC3)ncn2)cc1C.Cc1ccc(NC(=O)c2cc(NCC3CCCCC3)ncn2)cc1.O=C(Nc1ccc(O)c2ccccc12)c1cc(NC2CCCCC2)ncn1. The number of hydrogen-bond donors (Lipinski definition) is 14. The monoisotopic (exact) mass is 1960 g/mol. The van der Waals surface area contributed by atoms with Crippen LogP contribution in [0.4, 0.5) is 69.0 Å². The van der Waals surface area contributed by atoms with Gasteiger partial charge in [0, 0.05) is 118 Å². The second-order valence-electron chi connectivity index (χ2n) is 38.4. The second kappa shape index (κ2) is 54.1. The molecule has 0 unspecified atom stereocenters. The van der Waals surface area contributed by atoms with Gasteiger partial charge in [-0.3, -0.25) is 28.8 Å². The summed E-state index contributed by atoms with van der Waals surface area (Å²) in [6, 6.07) is 55.2. The molecule has 756 valence electrons. The smallest absolute Gasteiger partial charge is 0.274 e. The number of phenolic OH excluding ortho intramolecular Hbond substituents is 2. The summed E-state index contributed by atoms with van der Waals surface area (Å²) in [7, 11) is 0. The second-order valence-corrected chi connectivity index (χ2v) is 38.4. The van der Waals surface area contributed by atoms with Crippen LogP contribution in [0.2, 0.25) is 0 Å². The third kappa shape index (κ3) is 33.6. The van der Waals surface area contributed by atoms with Crippen molar-refractivity contribution in [3.63, 3.8) is 0 Å². The lowest BCUT2D eigenvalue weighted by molar-refractivity contribution is 0.101. The maximum absolute atomic E-state index is 12.7. The molecule has 14 N–H and O–H groups in total. The van der Waals surface area contributed by atoms with Gasteiger partial charge in [-0.05, 0) is 226 Å². The van der Waals surface area contributed by atoms with Crippen LogP contribution >= 0.6 is 0 Å². The average molecular weight is 1960 g/mol. The molecule has 6 fully saturated rings. The van der Waals surface area contributed by atoms with Crippen molar-refractivity contribution < 1.29 is 39.0 Å². The number of nitrogens with zero attached hydrogens (tertiary/aromatic N) is 12. The van der Waals surface area contributed by atoms with E-state index in [0.29, 0.717) is 110 Å². The minimum absolute atomic E-state index is 0.185. The summed E-state index contributed by atoms with van der Waals surface area (Å²) in [4.78, 5) is 124. The molecule has 13 aromatic rings. The van der Waals surface area contributed by atoms with Crippen molar-refractivity contribution in [3.8, 4) is 11.5 Å². The highest BCUT2D eigenvalue weighted by Gasteiger charge is 2.25. The molecule has 0 spiro atoms. The van der Waals surface area contributed by atoms with E-state index in [1.165, 1.54) is 171 Å². The van der Waals surface area contributed by atoms with Crippen molar-refractivity contribution in [2.75, 3.05) is 70.3 Å². The van der Waals surface area contributed by atoms with Crippen molar-refractivity contribution in [2.24, 2.45) is 5.92 Å². The Balaban J connectivity index is 0.000000138. The summed E-state index contributed by atoms with van der Waals surface area (Å²) in [5.74, 6) is 3.87. The number of amides is 6. The Morgan fingerprint density at radius 2 is 0.538 bits per heavy atom. The summed E-state index contributed by atoms with van der Waals surface area (Å²) in [6.45, 7) is 14.8. The minimum atomic E-state index is -0.306. The number of fused-ring (bicyclic) bond motifs is 1. The van der Waals surface area contributed by atoms with Gasteiger partial charge in [0.2, 0.25) is 0 Å². The van der Waals surface area contributed by atoms with Crippen molar-refractivity contribution in [2.45, 2.75) is 265 Å². The van der Waals surface area contributed by atoms with Crippen molar-refractivity contribution in [1.29, 1.82) is 0 Å². The molecule has 0 atom stereocenters. The van der Waals surface area contributed by atoms with Crippen molar-refractivity contribution in [1.82, 2.24) is 59.8 Å². The summed E-state index contributed by atoms with van der Waals surface area (Å²) in [5.41, 5.74) is 14.1.